The summed E-state index contributed by atoms with van der Waals surface area (Å²) in [5.41, 5.74) is 6.61. The topological polar surface area (TPSA) is 69.6 Å². The van der Waals surface area contributed by atoms with E-state index >= 15 is 0 Å². The monoisotopic (exact) mass is 469 g/mol. The average molecular weight is 470 g/mol. The molecule has 1 amide bonds. The van der Waals surface area contributed by atoms with E-state index in [2.05, 4.69) is 20.8 Å². The molecule has 2 heterocycles. The Bertz CT molecular complexity index is 1120. The summed E-state index contributed by atoms with van der Waals surface area (Å²) < 4.78 is 0. The van der Waals surface area contributed by atoms with Crippen LogP contribution in [-0.2, 0) is 4.79 Å². The number of hydrogen-bond donors (Lipinski definition) is 2. The van der Waals surface area contributed by atoms with E-state index in [1.165, 1.54) is 5.12 Å². The third-order valence-corrected chi connectivity index (χ3v) is 5.44. The Balaban J connectivity index is 1.92. The van der Waals surface area contributed by atoms with Gasteiger partial charge in [-0.3, -0.25) is 4.79 Å². The first-order valence-electron chi connectivity index (χ1n) is 10.3. The lowest BCUT2D eigenvalue weighted by Crippen LogP contribution is -2.29. The predicted octanol–water partition coefficient (Wildman–Crippen LogP) is 6.02. The van der Waals surface area contributed by atoms with E-state index in [1.54, 1.807) is 18.5 Å². The number of rotatable bonds is 7. The van der Waals surface area contributed by atoms with Crippen LogP contribution in [-0.4, -0.2) is 23.7 Å². The predicted molar refractivity (Wildman–Crippen MR) is 134 cm³/mol. The molecule has 1 aliphatic heterocycles. The number of aromatic nitrogens is 1. The Morgan fingerprint density at radius 3 is 2.69 bits per heavy atom. The highest BCUT2D eigenvalue weighted by molar-refractivity contribution is 6.33. The molecule has 0 aliphatic carbocycles. The Kier molecular flexibility index (Phi) is 8.22. The van der Waals surface area contributed by atoms with Crippen molar-refractivity contribution in [2.75, 3.05) is 17.0 Å². The molecule has 0 saturated carbocycles. The average Bonchev–Trinajstić information content (AvgIpc) is 3.30. The van der Waals surface area contributed by atoms with E-state index in [0.717, 1.165) is 23.1 Å². The van der Waals surface area contributed by atoms with Crippen LogP contribution in [0.2, 0.25) is 10.0 Å². The molecule has 8 heteroatoms. The van der Waals surface area contributed by atoms with Crippen LogP contribution in [0.5, 0.6) is 0 Å². The van der Waals surface area contributed by atoms with Gasteiger partial charge in [0.05, 0.1) is 23.5 Å². The number of amides is 1. The maximum absolute atomic E-state index is 13.3. The van der Waals surface area contributed by atoms with Crippen molar-refractivity contribution in [3.8, 4) is 0 Å². The Labute approximate surface area is 198 Å². The second-order valence-electron chi connectivity index (χ2n) is 6.99. The highest BCUT2D eigenvalue weighted by Crippen LogP contribution is 2.32. The number of hydrogen-bond acceptors (Lipinski definition) is 5. The maximum atomic E-state index is 13.3. The third-order valence-electron chi connectivity index (χ3n) is 4.84. The van der Waals surface area contributed by atoms with Gasteiger partial charge in [-0.15, -0.1) is 0 Å². The maximum Gasteiger partial charge on any atom is 0.255 e. The number of nitrogens with one attached hydrogen (secondary N) is 2. The van der Waals surface area contributed by atoms with E-state index < -0.39 is 0 Å². The number of allylic oxidation sites excluding steroid dienone is 4. The van der Waals surface area contributed by atoms with Gasteiger partial charge < -0.3 is 5.32 Å². The molecule has 0 bridgehead atoms. The van der Waals surface area contributed by atoms with E-state index in [-0.39, 0.29) is 5.91 Å². The SMILES string of the molecule is C\C=C(/C(C)=C(\C=C\CC)C(=O)Nc1cnc(N2N=CCN2)c(Cl)c1)c1ccccc1Cl. The van der Waals surface area contributed by atoms with E-state index in [0.29, 0.717) is 33.7 Å². The number of nitrogens with zero attached hydrogens (tertiary/aromatic N) is 3. The van der Waals surface area contributed by atoms with Gasteiger partial charge in [0.1, 0.15) is 0 Å². The Morgan fingerprint density at radius 1 is 1.28 bits per heavy atom. The van der Waals surface area contributed by atoms with Crippen molar-refractivity contribution in [2.24, 2.45) is 5.10 Å². The molecule has 32 heavy (non-hydrogen) atoms. The number of benzene rings is 1. The number of halogens is 2. The molecule has 1 aliphatic rings. The number of anilines is 2. The fraction of sp³-hybridized carbons (Fsp3) is 0.208. The molecular formula is C24H25Cl2N5O. The van der Waals surface area contributed by atoms with Crippen LogP contribution in [0.25, 0.3) is 5.57 Å². The van der Waals surface area contributed by atoms with E-state index in [9.17, 15) is 4.79 Å². The van der Waals surface area contributed by atoms with Crippen molar-refractivity contribution in [3.63, 3.8) is 0 Å². The van der Waals surface area contributed by atoms with Gasteiger partial charge >= 0.3 is 0 Å². The fourth-order valence-corrected chi connectivity index (χ4v) is 3.76. The molecule has 0 spiro atoms. The minimum absolute atomic E-state index is 0.262. The molecule has 0 fully saturated rings. The Morgan fingerprint density at radius 2 is 2.06 bits per heavy atom. The summed E-state index contributed by atoms with van der Waals surface area (Å²) in [6.45, 7) is 6.47. The summed E-state index contributed by atoms with van der Waals surface area (Å²) in [7, 11) is 0. The van der Waals surface area contributed by atoms with Gasteiger partial charge in [-0.05, 0) is 43.5 Å². The van der Waals surface area contributed by atoms with Crippen molar-refractivity contribution < 1.29 is 4.79 Å². The quantitative estimate of drug-likeness (QED) is 0.383. The molecular weight excluding hydrogens is 445 g/mol. The van der Waals surface area contributed by atoms with Crippen LogP contribution >= 0.6 is 23.2 Å². The smallest absolute Gasteiger partial charge is 0.255 e. The zero-order valence-electron chi connectivity index (χ0n) is 18.2. The normalized spacial score (nSPS) is 14.8. The minimum atomic E-state index is -0.262. The van der Waals surface area contributed by atoms with Gasteiger partial charge in [-0.2, -0.15) is 10.2 Å². The fourth-order valence-electron chi connectivity index (χ4n) is 3.28. The van der Waals surface area contributed by atoms with Crippen molar-refractivity contribution in [1.82, 2.24) is 10.4 Å². The zero-order chi connectivity index (χ0) is 23.1. The highest BCUT2D eigenvalue weighted by Gasteiger charge is 2.18. The van der Waals surface area contributed by atoms with Crippen LogP contribution < -0.4 is 15.9 Å². The highest BCUT2D eigenvalue weighted by atomic mass is 35.5. The minimum Gasteiger partial charge on any atom is -0.321 e. The summed E-state index contributed by atoms with van der Waals surface area (Å²) in [6.07, 6.45) is 9.80. The number of hydrazone groups is 1. The first-order chi connectivity index (χ1) is 15.5. The number of pyridine rings is 1. The first kappa shape index (κ1) is 23.7. The summed E-state index contributed by atoms with van der Waals surface area (Å²) >= 11 is 12.8. The lowest BCUT2D eigenvalue weighted by molar-refractivity contribution is -0.112. The molecule has 0 saturated heterocycles. The van der Waals surface area contributed by atoms with Gasteiger partial charge in [0.15, 0.2) is 5.82 Å². The molecule has 2 aromatic rings. The van der Waals surface area contributed by atoms with Crippen LogP contribution in [0.4, 0.5) is 11.5 Å². The molecule has 0 atom stereocenters. The molecule has 0 unspecified atom stereocenters. The standard InChI is InChI=1S/C24H25Cl2N5O/c1-4-6-9-19(16(3)18(5-2)20-10-7-8-11-21(20)25)24(32)30-17-14-22(26)23(27-15-17)31-28-12-13-29-31/h5-12,14-15,29H,4,13H2,1-3H3,(H,30,32)/b9-6+,18-5+,19-16+. The largest absolute Gasteiger partial charge is 0.321 e. The van der Waals surface area contributed by atoms with Crippen LogP contribution in [0.1, 0.15) is 32.8 Å². The van der Waals surface area contributed by atoms with Gasteiger partial charge in [-0.1, -0.05) is 66.6 Å². The molecule has 166 valence electrons. The summed E-state index contributed by atoms with van der Waals surface area (Å²) in [5, 5.41) is 9.53. The van der Waals surface area contributed by atoms with Crippen LogP contribution in [0.15, 0.2) is 71.0 Å². The first-order valence-corrected chi connectivity index (χ1v) is 11.0. The summed E-state index contributed by atoms with van der Waals surface area (Å²) in [6, 6.07) is 9.24. The van der Waals surface area contributed by atoms with Gasteiger partial charge in [0, 0.05) is 22.4 Å². The zero-order valence-corrected chi connectivity index (χ0v) is 19.7. The van der Waals surface area contributed by atoms with Crippen molar-refractivity contribution in [1.29, 1.82) is 0 Å². The lowest BCUT2D eigenvalue weighted by atomic mass is 9.94. The number of hydrazine groups is 1. The van der Waals surface area contributed by atoms with Gasteiger partial charge in [0.2, 0.25) is 0 Å². The van der Waals surface area contributed by atoms with Gasteiger partial charge in [0.25, 0.3) is 5.91 Å². The van der Waals surface area contributed by atoms with E-state index in [1.807, 2.05) is 63.3 Å². The molecule has 3 rings (SSSR count). The lowest BCUT2D eigenvalue weighted by Gasteiger charge is -2.16. The van der Waals surface area contributed by atoms with Gasteiger partial charge in [-0.25, -0.2) is 10.4 Å². The second kappa shape index (κ2) is 11.1. The Hall–Kier alpha value is -2.93. The van der Waals surface area contributed by atoms with Crippen molar-refractivity contribution in [2.45, 2.75) is 27.2 Å². The molecule has 2 N–H and O–H groups in total. The molecule has 0 radical (unpaired) electrons. The second-order valence-corrected chi connectivity index (χ2v) is 7.80. The molecule has 1 aromatic heterocycles. The number of carbonyl (C=O) groups is 1. The number of carbonyl (C=O) groups excluding carboxylic acids is 1. The van der Waals surface area contributed by atoms with E-state index in [4.69, 9.17) is 23.2 Å². The van der Waals surface area contributed by atoms with Crippen molar-refractivity contribution >= 4 is 52.4 Å². The third kappa shape index (κ3) is 5.46. The summed E-state index contributed by atoms with van der Waals surface area (Å²) in [5.74, 6) is 0.202. The van der Waals surface area contributed by atoms with Crippen LogP contribution in [0, 0.1) is 0 Å². The molecule has 6 nitrogen and oxygen atoms in total. The van der Waals surface area contributed by atoms with Crippen LogP contribution in [0.3, 0.4) is 0 Å². The molecule has 1 aromatic carbocycles. The van der Waals surface area contributed by atoms with Crippen molar-refractivity contribution in [3.05, 3.63) is 81.5 Å². The summed E-state index contributed by atoms with van der Waals surface area (Å²) in [4.78, 5) is 17.6.